The van der Waals surface area contributed by atoms with Crippen LogP contribution in [0, 0.1) is 0 Å². The fraction of sp³-hybridized carbons (Fsp3) is 0.600. The molecular weight excluding hydrogens is 236 g/mol. The fourth-order valence-electron chi connectivity index (χ4n) is 1.08. The zero-order valence-electron chi connectivity index (χ0n) is 8.95. The molecule has 0 fully saturated rings. The fourth-order valence-corrected chi connectivity index (χ4v) is 1.52. The number of nitrogens with one attached hydrogen (secondary N) is 1. The summed E-state index contributed by atoms with van der Waals surface area (Å²) in [5.41, 5.74) is 0. The van der Waals surface area contributed by atoms with Gasteiger partial charge in [0.25, 0.3) is 5.76 Å². The van der Waals surface area contributed by atoms with E-state index in [4.69, 9.17) is 9.52 Å². The first-order chi connectivity index (χ1) is 7.61. The van der Waals surface area contributed by atoms with Gasteiger partial charge in [-0.1, -0.05) is 11.8 Å². The first-order valence-electron chi connectivity index (χ1n) is 4.93. The number of rotatable bonds is 7. The Kier molecular flexibility index (Phi) is 5.79. The lowest BCUT2D eigenvalue weighted by molar-refractivity contribution is 0.247. The molecule has 0 radical (unpaired) electrons. The summed E-state index contributed by atoms with van der Waals surface area (Å²) in [5.74, 6) is -0.974. The molecule has 0 aromatic carbocycles. The molecule has 0 bridgehead atoms. The van der Waals surface area contributed by atoms with Gasteiger partial charge in [0.15, 0.2) is 0 Å². The number of thioether (sulfide) groups is 1. The molecule has 1 heterocycles. The summed E-state index contributed by atoms with van der Waals surface area (Å²) >= 11 is 0.539. The van der Waals surface area contributed by atoms with Gasteiger partial charge in [0, 0.05) is 6.04 Å². The highest BCUT2D eigenvalue weighted by molar-refractivity contribution is 7.98. The van der Waals surface area contributed by atoms with Crippen LogP contribution in [0.15, 0.2) is 16.5 Å². The van der Waals surface area contributed by atoms with Crippen LogP contribution in [0.2, 0.25) is 0 Å². The van der Waals surface area contributed by atoms with Gasteiger partial charge in [0.05, 0.1) is 18.9 Å². The van der Waals surface area contributed by atoms with Crippen LogP contribution in [0.3, 0.4) is 0 Å². The van der Waals surface area contributed by atoms with Crippen LogP contribution >= 0.6 is 11.8 Å². The van der Waals surface area contributed by atoms with E-state index in [-0.39, 0.29) is 18.4 Å². The zero-order valence-corrected chi connectivity index (χ0v) is 9.77. The third kappa shape index (κ3) is 4.96. The molecule has 0 saturated carbocycles. The Labute approximate surface area is 97.2 Å². The molecule has 1 rings (SSSR count). The van der Waals surface area contributed by atoms with Gasteiger partial charge in [-0.3, -0.25) is 0 Å². The van der Waals surface area contributed by atoms with Crippen molar-refractivity contribution in [3.8, 4) is 0 Å². The van der Waals surface area contributed by atoms with E-state index >= 15 is 0 Å². The van der Waals surface area contributed by atoms with Crippen LogP contribution in [-0.4, -0.2) is 23.5 Å². The molecule has 3 nitrogen and oxygen atoms in total. The summed E-state index contributed by atoms with van der Waals surface area (Å²) < 4.78 is 29.1. The second kappa shape index (κ2) is 6.88. The molecular formula is C10H15F2NO2S. The van der Waals surface area contributed by atoms with E-state index in [2.05, 4.69) is 5.32 Å². The lowest BCUT2D eigenvalue weighted by atomic mass is 10.3. The maximum atomic E-state index is 11.9. The van der Waals surface area contributed by atoms with Crippen LogP contribution in [0.5, 0.6) is 0 Å². The Morgan fingerprint density at radius 3 is 2.75 bits per heavy atom. The summed E-state index contributed by atoms with van der Waals surface area (Å²) in [6, 6.07) is 3.43. The van der Waals surface area contributed by atoms with E-state index in [9.17, 15) is 8.78 Å². The van der Waals surface area contributed by atoms with Gasteiger partial charge < -0.3 is 14.8 Å². The summed E-state index contributed by atoms with van der Waals surface area (Å²) in [4.78, 5) is 0. The van der Waals surface area contributed by atoms with Crippen molar-refractivity contribution in [3.63, 3.8) is 0 Å². The van der Waals surface area contributed by atoms with Crippen molar-refractivity contribution in [2.24, 2.45) is 0 Å². The average Bonchev–Trinajstić information content (AvgIpc) is 2.71. The predicted octanol–water partition coefficient (Wildman–Crippen LogP) is 2.21. The van der Waals surface area contributed by atoms with Crippen LogP contribution in [0.1, 0.15) is 18.4 Å². The minimum absolute atomic E-state index is 0.0102. The van der Waals surface area contributed by atoms with Crippen molar-refractivity contribution in [2.75, 3.05) is 6.61 Å². The van der Waals surface area contributed by atoms with Crippen molar-refractivity contribution in [1.29, 1.82) is 0 Å². The van der Waals surface area contributed by atoms with Crippen molar-refractivity contribution in [3.05, 3.63) is 23.7 Å². The smallest absolute Gasteiger partial charge is 0.284 e. The van der Waals surface area contributed by atoms with Crippen LogP contribution in [0.4, 0.5) is 8.78 Å². The molecule has 0 aliphatic carbocycles. The van der Waals surface area contributed by atoms with E-state index in [0.29, 0.717) is 29.8 Å². The number of aliphatic hydroxyl groups is 1. The quantitative estimate of drug-likeness (QED) is 0.780. The molecule has 1 aromatic heterocycles. The largest absolute Gasteiger partial charge is 0.464 e. The van der Waals surface area contributed by atoms with Gasteiger partial charge in [-0.2, -0.15) is 8.78 Å². The van der Waals surface area contributed by atoms with E-state index < -0.39 is 5.76 Å². The maximum absolute atomic E-state index is 11.9. The minimum Gasteiger partial charge on any atom is -0.464 e. The highest BCUT2D eigenvalue weighted by Crippen LogP contribution is 2.21. The van der Waals surface area contributed by atoms with Gasteiger partial charge in [-0.05, 0) is 19.1 Å². The number of furan rings is 1. The Bertz CT molecular complexity index is 307. The number of aliphatic hydroxyl groups excluding tert-OH is 1. The number of halogens is 2. The lowest BCUT2D eigenvalue weighted by Gasteiger charge is -2.08. The highest BCUT2D eigenvalue weighted by atomic mass is 32.2. The Morgan fingerprint density at radius 2 is 2.12 bits per heavy atom. The third-order valence-electron chi connectivity index (χ3n) is 1.97. The normalized spacial score (nSPS) is 13.3. The molecule has 0 aliphatic heterocycles. The monoisotopic (exact) mass is 251 g/mol. The standard InChI is InChI=1S/C10H15F2NO2S/c1-7(5-14)13-4-8-2-3-9(15-8)6-16-10(11)12/h2-3,7,10,13-14H,4-6H2,1H3/t7-/m1/s1. The van der Waals surface area contributed by atoms with E-state index in [0.717, 1.165) is 0 Å². The maximum Gasteiger partial charge on any atom is 0.284 e. The Morgan fingerprint density at radius 1 is 1.44 bits per heavy atom. The van der Waals surface area contributed by atoms with Crippen molar-refractivity contribution < 1.29 is 18.3 Å². The predicted molar refractivity (Wildman–Crippen MR) is 59.4 cm³/mol. The Hall–Kier alpha value is -0.590. The average molecular weight is 251 g/mol. The molecule has 0 unspecified atom stereocenters. The zero-order chi connectivity index (χ0) is 12.0. The molecule has 1 aromatic rings. The van der Waals surface area contributed by atoms with Gasteiger partial charge in [0.2, 0.25) is 0 Å². The summed E-state index contributed by atoms with van der Waals surface area (Å²) in [6.45, 7) is 2.38. The summed E-state index contributed by atoms with van der Waals surface area (Å²) in [6.07, 6.45) is 0. The van der Waals surface area contributed by atoms with Crippen LogP contribution in [0.25, 0.3) is 0 Å². The topological polar surface area (TPSA) is 45.4 Å². The molecule has 92 valence electrons. The molecule has 0 amide bonds. The summed E-state index contributed by atoms with van der Waals surface area (Å²) in [7, 11) is 0. The number of hydrogen-bond acceptors (Lipinski definition) is 4. The number of hydrogen-bond donors (Lipinski definition) is 2. The van der Waals surface area contributed by atoms with Crippen molar-refractivity contribution >= 4 is 11.8 Å². The molecule has 1 atom stereocenters. The van der Waals surface area contributed by atoms with E-state index in [1.807, 2.05) is 6.92 Å². The van der Waals surface area contributed by atoms with Crippen LogP contribution < -0.4 is 5.32 Å². The first-order valence-corrected chi connectivity index (χ1v) is 5.98. The van der Waals surface area contributed by atoms with Crippen molar-refractivity contribution in [1.82, 2.24) is 5.32 Å². The molecule has 0 aliphatic rings. The second-order valence-electron chi connectivity index (χ2n) is 3.40. The van der Waals surface area contributed by atoms with Crippen molar-refractivity contribution in [2.45, 2.75) is 31.0 Å². The van der Waals surface area contributed by atoms with Gasteiger partial charge >= 0.3 is 0 Å². The van der Waals surface area contributed by atoms with E-state index in [1.165, 1.54) is 0 Å². The molecule has 16 heavy (non-hydrogen) atoms. The summed E-state index contributed by atoms with van der Waals surface area (Å²) in [5, 5.41) is 11.8. The molecule has 2 N–H and O–H groups in total. The number of alkyl halides is 2. The Balaban J connectivity index is 2.33. The first kappa shape index (κ1) is 13.5. The third-order valence-corrected chi connectivity index (χ3v) is 2.67. The lowest BCUT2D eigenvalue weighted by Crippen LogP contribution is -2.28. The van der Waals surface area contributed by atoms with Crippen LogP contribution in [-0.2, 0) is 12.3 Å². The van der Waals surface area contributed by atoms with Gasteiger partial charge in [0.1, 0.15) is 11.5 Å². The van der Waals surface area contributed by atoms with Gasteiger partial charge in [-0.15, -0.1) is 0 Å². The molecule has 0 spiro atoms. The SMILES string of the molecule is C[C@H](CO)NCc1ccc(CSC(F)F)o1. The minimum atomic E-state index is -2.37. The highest BCUT2D eigenvalue weighted by Gasteiger charge is 2.07. The van der Waals surface area contributed by atoms with E-state index in [1.54, 1.807) is 12.1 Å². The molecule has 6 heteroatoms. The molecule has 0 saturated heterocycles. The second-order valence-corrected chi connectivity index (χ2v) is 4.38. The van der Waals surface area contributed by atoms with Gasteiger partial charge in [-0.25, -0.2) is 0 Å².